The zero-order valence-electron chi connectivity index (χ0n) is 13.8. The highest BCUT2D eigenvalue weighted by Crippen LogP contribution is 2.37. The molecule has 0 bridgehead atoms. The Morgan fingerprint density at radius 3 is 2.84 bits per heavy atom. The van der Waals surface area contributed by atoms with Gasteiger partial charge in [-0.1, -0.05) is 6.07 Å². The number of hydrogen-bond acceptors (Lipinski definition) is 8. The fourth-order valence-corrected chi connectivity index (χ4v) is 2.67. The van der Waals surface area contributed by atoms with Crippen LogP contribution in [0.15, 0.2) is 35.8 Å². The molecule has 1 aliphatic rings. The molecule has 0 aliphatic carbocycles. The van der Waals surface area contributed by atoms with E-state index in [1.165, 1.54) is 30.3 Å². The summed E-state index contributed by atoms with van der Waals surface area (Å²) in [4.78, 5) is 16.7. The van der Waals surface area contributed by atoms with Crippen molar-refractivity contribution in [3.05, 3.63) is 41.4 Å². The molecular formula is C16H18N4O5. The van der Waals surface area contributed by atoms with Crippen LogP contribution in [0.3, 0.4) is 0 Å². The predicted molar refractivity (Wildman–Crippen MR) is 87.1 cm³/mol. The number of allylic oxidation sites excluding steroid dienone is 1. The molecule has 2 aromatic rings. The number of methoxy groups -OCH3 is 1. The van der Waals surface area contributed by atoms with E-state index in [9.17, 15) is 15.0 Å². The minimum atomic E-state index is -0.653. The highest BCUT2D eigenvalue weighted by molar-refractivity contribution is 5.92. The SMILES string of the molecule is COCCOC(=O)C1=C(C)Nc2ncnn2[C@@H]1c1ccc(O)c(O)c1. The molecule has 1 aromatic heterocycles. The predicted octanol–water partition coefficient (Wildman–Crippen LogP) is 1.17. The number of anilines is 1. The van der Waals surface area contributed by atoms with Crippen molar-refractivity contribution < 1.29 is 24.5 Å². The number of hydrogen-bond donors (Lipinski definition) is 3. The van der Waals surface area contributed by atoms with Gasteiger partial charge in [0.05, 0.1) is 12.2 Å². The van der Waals surface area contributed by atoms with E-state index in [4.69, 9.17) is 9.47 Å². The molecule has 0 radical (unpaired) electrons. The normalized spacial score (nSPS) is 16.3. The van der Waals surface area contributed by atoms with Crippen LogP contribution in [0.1, 0.15) is 18.5 Å². The standard InChI is InChI=1S/C16H18N4O5/c1-9-13(15(23)25-6-5-24-2)14(20-16(19-9)17-8-18-20)10-3-4-11(21)12(22)7-10/h3-4,7-8,14,21-22H,5-6H2,1-2H3,(H,17,18,19)/t14-/m1/s1. The van der Waals surface area contributed by atoms with Gasteiger partial charge in [-0.05, 0) is 24.6 Å². The fraction of sp³-hybridized carbons (Fsp3) is 0.312. The smallest absolute Gasteiger partial charge is 0.338 e. The lowest BCUT2D eigenvalue weighted by molar-refractivity contribution is -0.140. The molecule has 0 amide bonds. The molecule has 1 atom stereocenters. The van der Waals surface area contributed by atoms with E-state index in [1.54, 1.807) is 13.0 Å². The first-order valence-electron chi connectivity index (χ1n) is 7.58. The monoisotopic (exact) mass is 346 g/mol. The van der Waals surface area contributed by atoms with E-state index >= 15 is 0 Å². The van der Waals surface area contributed by atoms with Crippen molar-refractivity contribution >= 4 is 11.9 Å². The summed E-state index contributed by atoms with van der Waals surface area (Å²) >= 11 is 0. The molecule has 0 fully saturated rings. The molecule has 0 saturated carbocycles. The van der Waals surface area contributed by atoms with Gasteiger partial charge in [-0.3, -0.25) is 0 Å². The third-order valence-corrected chi connectivity index (χ3v) is 3.85. The van der Waals surface area contributed by atoms with Gasteiger partial charge in [-0.2, -0.15) is 10.1 Å². The fourth-order valence-electron chi connectivity index (χ4n) is 2.67. The van der Waals surface area contributed by atoms with Crippen molar-refractivity contribution in [3.63, 3.8) is 0 Å². The van der Waals surface area contributed by atoms with E-state index in [2.05, 4.69) is 15.4 Å². The minimum absolute atomic E-state index is 0.115. The molecule has 3 N–H and O–H groups in total. The van der Waals surface area contributed by atoms with Crippen molar-refractivity contribution in [2.45, 2.75) is 13.0 Å². The number of nitrogens with one attached hydrogen (secondary N) is 1. The van der Waals surface area contributed by atoms with Crippen LogP contribution in [0.4, 0.5) is 5.95 Å². The molecule has 9 nitrogen and oxygen atoms in total. The van der Waals surface area contributed by atoms with Crippen molar-refractivity contribution in [2.75, 3.05) is 25.6 Å². The second-order valence-corrected chi connectivity index (χ2v) is 5.47. The van der Waals surface area contributed by atoms with Gasteiger partial charge in [0.1, 0.15) is 19.0 Å². The number of phenols is 2. The first-order chi connectivity index (χ1) is 12.0. The molecule has 0 saturated heterocycles. The van der Waals surface area contributed by atoms with Gasteiger partial charge in [0.25, 0.3) is 0 Å². The van der Waals surface area contributed by atoms with Crippen LogP contribution < -0.4 is 5.32 Å². The first kappa shape index (κ1) is 16.8. The van der Waals surface area contributed by atoms with Crippen molar-refractivity contribution in [1.82, 2.24) is 14.8 Å². The van der Waals surface area contributed by atoms with Crippen molar-refractivity contribution in [2.24, 2.45) is 0 Å². The molecule has 132 valence electrons. The summed E-state index contributed by atoms with van der Waals surface area (Å²) in [7, 11) is 1.52. The molecule has 0 spiro atoms. The number of rotatable bonds is 5. The van der Waals surface area contributed by atoms with Crippen LogP contribution in [0.25, 0.3) is 0 Å². The third-order valence-electron chi connectivity index (χ3n) is 3.85. The van der Waals surface area contributed by atoms with Crippen LogP contribution in [0, 0.1) is 0 Å². The summed E-state index contributed by atoms with van der Waals surface area (Å²) in [5.41, 5.74) is 1.46. The Kier molecular flexibility index (Phi) is 4.57. The van der Waals surface area contributed by atoms with Crippen LogP contribution in [0.5, 0.6) is 11.5 Å². The number of carbonyl (C=O) groups excluding carboxylic acids is 1. The second kappa shape index (κ2) is 6.81. The Hall–Kier alpha value is -3.07. The second-order valence-electron chi connectivity index (χ2n) is 5.47. The zero-order valence-corrected chi connectivity index (χ0v) is 13.8. The highest BCUT2D eigenvalue weighted by atomic mass is 16.6. The van der Waals surface area contributed by atoms with E-state index in [1.807, 2.05) is 0 Å². The van der Waals surface area contributed by atoms with Crippen molar-refractivity contribution in [3.8, 4) is 11.5 Å². The van der Waals surface area contributed by atoms with Crippen molar-refractivity contribution in [1.29, 1.82) is 0 Å². The van der Waals surface area contributed by atoms with E-state index < -0.39 is 12.0 Å². The number of aromatic nitrogens is 3. The number of nitrogens with zero attached hydrogens (tertiary/aromatic N) is 3. The Bertz CT molecular complexity index is 830. The third kappa shape index (κ3) is 3.13. The Balaban J connectivity index is 2.03. The molecule has 25 heavy (non-hydrogen) atoms. The van der Waals surface area contributed by atoms with Gasteiger partial charge in [-0.15, -0.1) is 0 Å². The average molecular weight is 346 g/mol. The van der Waals surface area contributed by atoms with Gasteiger partial charge in [0, 0.05) is 12.8 Å². The van der Waals surface area contributed by atoms with Gasteiger partial charge in [0.2, 0.25) is 5.95 Å². The Morgan fingerprint density at radius 1 is 1.32 bits per heavy atom. The molecular weight excluding hydrogens is 328 g/mol. The maximum absolute atomic E-state index is 12.6. The first-order valence-corrected chi connectivity index (χ1v) is 7.58. The molecule has 0 unspecified atom stereocenters. The van der Waals surface area contributed by atoms with Gasteiger partial charge < -0.3 is 25.0 Å². The van der Waals surface area contributed by atoms with E-state index in [-0.39, 0.29) is 24.7 Å². The molecule has 3 rings (SSSR count). The number of carbonyl (C=O) groups is 1. The molecule has 1 aromatic carbocycles. The zero-order chi connectivity index (χ0) is 18.0. The summed E-state index contributed by atoms with van der Waals surface area (Å²) in [6, 6.07) is 3.69. The summed E-state index contributed by atoms with van der Waals surface area (Å²) in [6.45, 7) is 2.13. The maximum Gasteiger partial charge on any atom is 0.338 e. The lowest BCUT2D eigenvalue weighted by atomic mass is 9.95. The Morgan fingerprint density at radius 2 is 2.12 bits per heavy atom. The molecule has 1 aliphatic heterocycles. The van der Waals surface area contributed by atoms with E-state index in [0.29, 0.717) is 22.8 Å². The van der Waals surface area contributed by atoms with Crippen LogP contribution in [-0.4, -0.2) is 51.3 Å². The summed E-state index contributed by atoms with van der Waals surface area (Å²) < 4.78 is 11.7. The topological polar surface area (TPSA) is 119 Å². The average Bonchev–Trinajstić information content (AvgIpc) is 3.04. The lowest BCUT2D eigenvalue weighted by Crippen LogP contribution is -2.30. The molecule has 2 heterocycles. The largest absolute Gasteiger partial charge is 0.504 e. The number of aromatic hydroxyl groups is 2. The van der Waals surface area contributed by atoms with Crippen LogP contribution in [0.2, 0.25) is 0 Å². The lowest BCUT2D eigenvalue weighted by Gasteiger charge is -2.28. The summed E-state index contributed by atoms with van der Waals surface area (Å²) in [6.07, 6.45) is 1.36. The summed E-state index contributed by atoms with van der Waals surface area (Å²) in [5, 5.41) is 26.6. The van der Waals surface area contributed by atoms with E-state index in [0.717, 1.165) is 0 Å². The maximum atomic E-state index is 12.6. The van der Waals surface area contributed by atoms with Crippen LogP contribution >= 0.6 is 0 Å². The minimum Gasteiger partial charge on any atom is -0.504 e. The Labute approximate surface area is 143 Å². The summed E-state index contributed by atoms with van der Waals surface area (Å²) in [5.74, 6) is -0.604. The number of fused-ring (bicyclic) bond motifs is 1. The van der Waals surface area contributed by atoms with Crippen LogP contribution in [-0.2, 0) is 14.3 Å². The highest BCUT2D eigenvalue weighted by Gasteiger charge is 2.34. The number of ether oxygens (including phenoxy) is 2. The van der Waals surface area contributed by atoms with Gasteiger partial charge in [0.15, 0.2) is 11.5 Å². The van der Waals surface area contributed by atoms with Gasteiger partial charge in [-0.25, -0.2) is 9.48 Å². The number of esters is 1. The molecule has 9 heteroatoms. The number of benzene rings is 1. The quantitative estimate of drug-likeness (QED) is 0.419. The van der Waals surface area contributed by atoms with Gasteiger partial charge >= 0.3 is 5.97 Å². The number of phenolic OH excluding ortho intramolecular Hbond substituents is 2.